The van der Waals surface area contributed by atoms with Gasteiger partial charge in [0, 0.05) is 23.5 Å². The number of fused-ring (bicyclic) bond motifs is 2. The minimum Gasteiger partial charge on any atom is -0.341 e. The first-order valence-corrected chi connectivity index (χ1v) is 9.88. The number of rotatable bonds is 2. The molecule has 0 radical (unpaired) electrons. The first-order chi connectivity index (χ1) is 12.0. The molecule has 4 rings (SSSR count). The van der Waals surface area contributed by atoms with Crippen LogP contribution in [0.4, 0.5) is 4.79 Å². The molecule has 25 heavy (non-hydrogen) atoms. The Morgan fingerprint density at radius 3 is 3.04 bits per heavy atom. The second-order valence-corrected chi connectivity index (χ2v) is 8.43. The van der Waals surface area contributed by atoms with E-state index in [1.54, 1.807) is 16.2 Å². The molecule has 3 aliphatic rings. The van der Waals surface area contributed by atoms with Gasteiger partial charge in [0.15, 0.2) is 0 Å². The first kappa shape index (κ1) is 16.6. The second-order valence-electron chi connectivity index (χ2n) is 7.42. The number of piperidine rings is 1. The van der Waals surface area contributed by atoms with Gasteiger partial charge in [0.2, 0.25) is 5.91 Å². The maximum Gasteiger partial charge on any atom is 0.325 e. The van der Waals surface area contributed by atoms with E-state index in [-0.39, 0.29) is 18.4 Å². The van der Waals surface area contributed by atoms with Crippen LogP contribution < -0.4 is 5.32 Å². The van der Waals surface area contributed by atoms with Crippen molar-refractivity contribution in [2.24, 2.45) is 5.92 Å². The highest BCUT2D eigenvalue weighted by molar-refractivity contribution is 7.10. The van der Waals surface area contributed by atoms with Gasteiger partial charge in [0.05, 0.1) is 0 Å². The van der Waals surface area contributed by atoms with E-state index in [2.05, 4.69) is 12.2 Å². The molecule has 3 heterocycles. The van der Waals surface area contributed by atoms with Crippen LogP contribution in [0.1, 0.15) is 43.0 Å². The zero-order valence-electron chi connectivity index (χ0n) is 14.4. The fourth-order valence-corrected chi connectivity index (χ4v) is 5.34. The molecule has 6 nitrogen and oxygen atoms in total. The SMILES string of the molecule is C[C@H]1CCCN(C(=O)CN2C(=O)N[C@@]3(CCCc4sccc43)C2=O)C1. The number of urea groups is 1. The molecule has 2 fully saturated rings. The van der Waals surface area contributed by atoms with Gasteiger partial charge in [-0.05, 0) is 49.5 Å². The number of imide groups is 1. The molecule has 2 aliphatic heterocycles. The van der Waals surface area contributed by atoms with E-state index in [9.17, 15) is 14.4 Å². The van der Waals surface area contributed by atoms with Crippen molar-refractivity contribution in [3.05, 3.63) is 21.9 Å². The number of amides is 4. The Hall–Kier alpha value is -1.89. The molecule has 1 spiro atoms. The summed E-state index contributed by atoms with van der Waals surface area (Å²) in [7, 11) is 0. The van der Waals surface area contributed by atoms with Crippen LogP contribution in [-0.4, -0.2) is 47.3 Å². The summed E-state index contributed by atoms with van der Waals surface area (Å²) in [4.78, 5) is 42.3. The van der Waals surface area contributed by atoms with Crippen LogP contribution in [0, 0.1) is 5.92 Å². The molecule has 1 aromatic rings. The summed E-state index contributed by atoms with van der Waals surface area (Å²) in [6.07, 6.45) is 4.52. The van der Waals surface area contributed by atoms with Gasteiger partial charge in [0.25, 0.3) is 5.91 Å². The molecule has 0 saturated carbocycles. The van der Waals surface area contributed by atoms with Crippen molar-refractivity contribution in [2.75, 3.05) is 19.6 Å². The number of likely N-dealkylation sites (tertiary alicyclic amines) is 1. The molecular weight excluding hydrogens is 338 g/mol. The van der Waals surface area contributed by atoms with Crippen molar-refractivity contribution in [3.8, 4) is 0 Å². The van der Waals surface area contributed by atoms with E-state index in [0.717, 1.165) is 41.0 Å². The number of thiophene rings is 1. The smallest absolute Gasteiger partial charge is 0.325 e. The van der Waals surface area contributed by atoms with Crippen molar-refractivity contribution in [2.45, 2.75) is 44.6 Å². The summed E-state index contributed by atoms with van der Waals surface area (Å²) in [6.45, 7) is 3.40. The molecule has 1 N–H and O–H groups in total. The number of carbonyl (C=O) groups excluding carboxylic acids is 3. The average Bonchev–Trinajstić information content (AvgIpc) is 3.16. The second kappa shape index (κ2) is 6.12. The van der Waals surface area contributed by atoms with Crippen LogP contribution in [0.5, 0.6) is 0 Å². The molecule has 0 bridgehead atoms. The largest absolute Gasteiger partial charge is 0.341 e. The lowest BCUT2D eigenvalue weighted by Crippen LogP contribution is -2.48. The minimum absolute atomic E-state index is 0.131. The Bertz CT molecular complexity index is 731. The molecule has 4 amide bonds. The number of aryl methyl sites for hydroxylation is 1. The van der Waals surface area contributed by atoms with E-state index in [1.807, 2.05) is 11.4 Å². The quantitative estimate of drug-likeness (QED) is 0.820. The van der Waals surface area contributed by atoms with Crippen molar-refractivity contribution >= 4 is 29.2 Å². The normalized spacial score (nSPS) is 29.1. The molecule has 1 aromatic heterocycles. The van der Waals surface area contributed by atoms with E-state index >= 15 is 0 Å². The number of nitrogens with one attached hydrogen (secondary N) is 1. The Morgan fingerprint density at radius 2 is 2.24 bits per heavy atom. The maximum atomic E-state index is 13.1. The van der Waals surface area contributed by atoms with Gasteiger partial charge in [-0.3, -0.25) is 14.5 Å². The fraction of sp³-hybridized carbons (Fsp3) is 0.611. The van der Waals surface area contributed by atoms with Crippen LogP contribution in [0.15, 0.2) is 11.4 Å². The van der Waals surface area contributed by atoms with Crippen LogP contribution in [0.25, 0.3) is 0 Å². The molecule has 0 aromatic carbocycles. The molecule has 134 valence electrons. The Kier molecular flexibility index (Phi) is 4.06. The summed E-state index contributed by atoms with van der Waals surface area (Å²) in [5, 5.41) is 4.87. The van der Waals surface area contributed by atoms with Crippen LogP contribution in [0.3, 0.4) is 0 Å². The van der Waals surface area contributed by atoms with E-state index in [0.29, 0.717) is 25.4 Å². The maximum absolute atomic E-state index is 13.1. The topological polar surface area (TPSA) is 69.7 Å². The van der Waals surface area contributed by atoms with Gasteiger partial charge < -0.3 is 10.2 Å². The van der Waals surface area contributed by atoms with Crippen LogP contribution >= 0.6 is 11.3 Å². The van der Waals surface area contributed by atoms with Gasteiger partial charge in [-0.25, -0.2) is 4.79 Å². The summed E-state index contributed by atoms with van der Waals surface area (Å²) < 4.78 is 0. The summed E-state index contributed by atoms with van der Waals surface area (Å²) in [6, 6.07) is 1.50. The van der Waals surface area contributed by atoms with Gasteiger partial charge in [-0.1, -0.05) is 6.92 Å². The monoisotopic (exact) mass is 361 g/mol. The zero-order chi connectivity index (χ0) is 17.6. The number of hydrogen-bond donors (Lipinski definition) is 1. The molecular formula is C18H23N3O3S. The standard InChI is InChI=1S/C18H23N3O3S/c1-12-4-3-8-20(10-12)15(22)11-21-16(23)18(19-17(21)24)7-2-5-14-13(18)6-9-25-14/h6,9,12H,2-5,7-8,10-11H2,1H3,(H,19,24)/t12-,18+/m0/s1. The third-order valence-electron chi connectivity index (χ3n) is 5.64. The van der Waals surface area contributed by atoms with Crippen LogP contribution in [-0.2, 0) is 21.5 Å². The predicted octanol–water partition coefficient (Wildman–Crippen LogP) is 2.09. The summed E-state index contributed by atoms with van der Waals surface area (Å²) >= 11 is 1.63. The van der Waals surface area contributed by atoms with Gasteiger partial charge in [-0.2, -0.15) is 0 Å². The minimum atomic E-state index is -0.958. The van der Waals surface area contributed by atoms with E-state index in [1.165, 1.54) is 0 Å². The Labute approximate surface area is 151 Å². The fourth-order valence-electron chi connectivity index (χ4n) is 4.34. The molecule has 0 unspecified atom stereocenters. The molecule has 2 saturated heterocycles. The molecule has 7 heteroatoms. The highest BCUT2D eigenvalue weighted by atomic mass is 32.1. The van der Waals surface area contributed by atoms with Gasteiger partial charge in [0.1, 0.15) is 12.1 Å². The van der Waals surface area contributed by atoms with Crippen molar-refractivity contribution in [1.82, 2.24) is 15.1 Å². The third-order valence-corrected chi connectivity index (χ3v) is 6.62. The predicted molar refractivity (Wildman–Crippen MR) is 94.2 cm³/mol. The summed E-state index contributed by atoms with van der Waals surface area (Å²) in [5.41, 5.74) is -0.0382. The zero-order valence-corrected chi connectivity index (χ0v) is 15.2. The van der Waals surface area contributed by atoms with Crippen LogP contribution in [0.2, 0.25) is 0 Å². The number of nitrogens with zero attached hydrogens (tertiary/aromatic N) is 2. The van der Waals surface area contributed by atoms with E-state index < -0.39 is 11.6 Å². The van der Waals surface area contributed by atoms with E-state index in [4.69, 9.17) is 0 Å². The lowest BCUT2D eigenvalue weighted by Gasteiger charge is -2.32. The van der Waals surface area contributed by atoms with Crippen molar-refractivity contribution in [3.63, 3.8) is 0 Å². The lowest BCUT2D eigenvalue weighted by molar-refractivity contribution is -0.140. The third kappa shape index (κ3) is 2.65. The number of carbonyl (C=O) groups is 3. The van der Waals surface area contributed by atoms with Crippen molar-refractivity contribution in [1.29, 1.82) is 0 Å². The van der Waals surface area contributed by atoms with Gasteiger partial charge in [-0.15, -0.1) is 11.3 Å². The highest BCUT2D eigenvalue weighted by Gasteiger charge is 2.54. The Morgan fingerprint density at radius 1 is 1.40 bits per heavy atom. The molecule has 2 atom stereocenters. The Balaban J connectivity index is 1.54. The molecule has 1 aliphatic carbocycles. The summed E-state index contributed by atoms with van der Waals surface area (Å²) in [5.74, 6) is 0.0718. The lowest BCUT2D eigenvalue weighted by atomic mass is 9.80. The first-order valence-electron chi connectivity index (χ1n) is 9.00. The number of hydrogen-bond acceptors (Lipinski definition) is 4. The van der Waals surface area contributed by atoms with Crippen molar-refractivity contribution < 1.29 is 14.4 Å². The highest BCUT2D eigenvalue weighted by Crippen LogP contribution is 2.42. The van der Waals surface area contributed by atoms with Gasteiger partial charge >= 0.3 is 6.03 Å². The average molecular weight is 361 g/mol.